The second-order valence-electron chi connectivity index (χ2n) is 3.74. The monoisotopic (exact) mass is 265 g/mol. The summed E-state index contributed by atoms with van der Waals surface area (Å²) in [4.78, 5) is 11.5. The van der Waals surface area contributed by atoms with Gasteiger partial charge in [0.25, 0.3) is 0 Å². The van der Waals surface area contributed by atoms with Gasteiger partial charge < -0.3 is 19.9 Å². The third kappa shape index (κ3) is 6.59. The first-order valence-corrected chi connectivity index (χ1v) is 6.05. The first kappa shape index (κ1) is 15.2. The highest BCUT2D eigenvalue weighted by molar-refractivity contribution is 5.91. The summed E-state index contributed by atoms with van der Waals surface area (Å²) in [5.74, 6) is 0.565. The summed E-state index contributed by atoms with van der Waals surface area (Å²) in [5.41, 5.74) is 0.894. The summed E-state index contributed by atoms with van der Waals surface area (Å²) in [6.07, 6.45) is 3.17. The van der Waals surface area contributed by atoms with Crippen LogP contribution in [0.1, 0.15) is 5.56 Å². The van der Waals surface area contributed by atoms with Gasteiger partial charge in [-0.2, -0.15) is 0 Å². The fourth-order valence-electron chi connectivity index (χ4n) is 1.39. The van der Waals surface area contributed by atoms with Crippen LogP contribution in [0.3, 0.4) is 0 Å². The minimum absolute atomic E-state index is 0.0102. The molecule has 0 unspecified atom stereocenters. The molecule has 5 heteroatoms. The number of aliphatic hydroxyl groups excluding tert-OH is 1. The average Bonchev–Trinajstić information content (AvgIpc) is 2.45. The maximum Gasteiger partial charge on any atom is 0.244 e. The lowest BCUT2D eigenvalue weighted by atomic mass is 10.2. The van der Waals surface area contributed by atoms with E-state index >= 15 is 0 Å². The molecule has 0 atom stereocenters. The van der Waals surface area contributed by atoms with Gasteiger partial charge in [-0.1, -0.05) is 12.1 Å². The largest absolute Gasteiger partial charge is 0.497 e. The number of hydrogen-bond acceptors (Lipinski definition) is 4. The zero-order valence-corrected chi connectivity index (χ0v) is 11.0. The van der Waals surface area contributed by atoms with Gasteiger partial charge in [0.05, 0.1) is 26.9 Å². The van der Waals surface area contributed by atoms with Crippen molar-refractivity contribution in [3.63, 3.8) is 0 Å². The summed E-state index contributed by atoms with van der Waals surface area (Å²) in [5, 5.41) is 11.2. The van der Waals surface area contributed by atoms with Gasteiger partial charge in [-0.15, -0.1) is 0 Å². The van der Waals surface area contributed by atoms with Crippen LogP contribution in [0.15, 0.2) is 30.3 Å². The van der Waals surface area contributed by atoms with Crippen LogP contribution >= 0.6 is 0 Å². The van der Waals surface area contributed by atoms with Gasteiger partial charge in [0.1, 0.15) is 5.75 Å². The Morgan fingerprint density at radius 2 is 2.26 bits per heavy atom. The molecule has 1 rings (SSSR count). The topological polar surface area (TPSA) is 67.8 Å². The lowest BCUT2D eigenvalue weighted by Gasteiger charge is -2.03. The van der Waals surface area contributed by atoms with Crippen LogP contribution in [0.5, 0.6) is 5.75 Å². The standard InChI is InChI=1S/C14H19NO4/c1-18-13-4-2-3-12(11-13)5-6-14(17)15-7-9-19-10-8-16/h2-6,11,16H,7-10H2,1H3,(H,15,17)/b6-5+. The molecule has 0 aliphatic carbocycles. The van der Waals surface area contributed by atoms with Crippen molar-refractivity contribution in [3.8, 4) is 5.75 Å². The minimum atomic E-state index is -0.185. The maximum atomic E-state index is 11.5. The fourth-order valence-corrected chi connectivity index (χ4v) is 1.39. The highest BCUT2D eigenvalue weighted by Crippen LogP contribution is 2.13. The lowest BCUT2D eigenvalue weighted by molar-refractivity contribution is -0.116. The van der Waals surface area contributed by atoms with Crippen LogP contribution in [0.25, 0.3) is 6.08 Å². The lowest BCUT2D eigenvalue weighted by Crippen LogP contribution is -2.25. The Kier molecular flexibility index (Phi) is 7.31. The van der Waals surface area contributed by atoms with E-state index in [1.807, 2.05) is 24.3 Å². The Morgan fingerprint density at radius 1 is 1.42 bits per heavy atom. The van der Waals surface area contributed by atoms with Crippen molar-refractivity contribution in [2.45, 2.75) is 0 Å². The van der Waals surface area contributed by atoms with E-state index < -0.39 is 0 Å². The van der Waals surface area contributed by atoms with Gasteiger partial charge in [-0.25, -0.2) is 0 Å². The predicted molar refractivity (Wildman–Crippen MR) is 72.9 cm³/mol. The highest BCUT2D eigenvalue weighted by Gasteiger charge is 1.96. The molecule has 19 heavy (non-hydrogen) atoms. The number of benzene rings is 1. The zero-order chi connectivity index (χ0) is 13.9. The first-order chi connectivity index (χ1) is 9.26. The van der Waals surface area contributed by atoms with Crippen molar-refractivity contribution in [1.82, 2.24) is 5.32 Å². The first-order valence-electron chi connectivity index (χ1n) is 6.05. The maximum absolute atomic E-state index is 11.5. The molecule has 1 aromatic carbocycles. The number of ether oxygens (including phenoxy) is 2. The third-order valence-electron chi connectivity index (χ3n) is 2.30. The quantitative estimate of drug-likeness (QED) is 0.540. The molecular formula is C14H19NO4. The number of rotatable bonds is 8. The molecule has 0 heterocycles. The van der Waals surface area contributed by atoms with E-state index in [4.69, 9.17) is 14.6 Å². The molecule has 5 nitrogen and oxygen atoms in total. The van der Waals surface area contributed by atoms with Gasteiger partial charge >= 0.3 is 0 Å². The van der Waals surface area contributed by atoms with Crippen molar-refractivity contribution in [3.05, 3.63) is 35.9 Å². The van der Waals surface area contributed by atoms with E-state index in [2.05, 4.69) is 5.32 Å². The van der Waals surface area contributed by atoms with Crippen LogP contribution in [0.2, 0.25) is 0 Å². The summed E-state index contributed by atoms with van der Waals surface area (Å²) in [6.45, 7) is 1.08. The van der Waals surface area contributed by atoms with Gasteiger partial charge in [0.15, 0.2) is 0 Å². The van der Waals surface area contributed by atoms with E-state index in [0.717, 1.165) is 11.3 Å². The smallest absolute Gasteiger partial charge is 0.244 e. The van der Waals surface area contributed by atoms with Gasteiger partial charge in [-0.05, 0) is 23.8 Å². The number of hydrogen-bond donors (Lipinski definition) is 2. The molecule has 0 aliphatic heterocycles. The minimum Gasteiger partial charge on any atom is -0.497 e. The molecule has 0 bridgehead atoms. The van der Waals surface area contributed by atoms with Crippen molar-refractivity contribution in [1.29, 1.82) is 0 Å². The molecule has 0 aromatic heterocycles. The molecule has 1 amide bonds. The van der Waals surface area contributed by atoms with Crippen LogP contribution in [0.4, 0.5) is 0 Å². The normalized spacial score (nSPS) is 10.6. The number of methoxy groups -OCH3 is 1. The molecule has 104 valence electrons. The summed E-state index contributed by atoms with van der Waals surface area (Å²) in [6, 6.07) is 7.43. The number of carbonyl (C=O) groups is 1. The number of aliphatic hydroxyl groups is 1. The van der Waals surface area contributed by atoms with E-state index in [1.165, 1.54) is 6.08 Å². The number of carbonyl (C=O) groups excluding carboxylic acids is 1. The van der Waals surface area contributed by atoms with Crippen molar-refractivity contribution < 1.29 is 19.4 Å². The second kappa shape index (κ2) is 9.13. The molecule has 0 spiro atoms. The van der Waals surface area contributed by atoms with Crippen LogP contribution in [-0.2, 0) is 9.53 Å². The van der Waals surface area contributed by atoms with E-state index in [1.54, 1.807) is 13.2 Å². The third-order valence-corrected chi connectivity index (χ3v) is 2.30. The van der Waals surface area contributed by atoms with Gasteiger partial charge in [0.2, 0.25) is 5.91 Å². The SMILES string of the molecule is COc1cccc(/C=C/C(=O)NCCOCCO)c1. The van der Waals surface area contributed by atoms with E-state index in [-0.39, 0.29) is 19.1 Å². The molecule has 0 saturated heterocycles. The predicted octanol–water partition coefficient (Wildman–Crippen LogP) is 0.833. The molecule has 0 aliphatic rings. The number of nitrogens with one attached hydrogen (secondary N) is 1. The van der Waals surface area contributed by atoms with Gasteiger partial charge in [-0.3, -0.25) is 4.79 Å². The second-order valence-corrected chi connectivity index (χ2v) is 3.74. The van der Waals surface area contributed by atoms with Crippen LogP contribution in [0, 0.1) is 0 Å². The Balaban J connectivity index is 2.32. The summed E-state index contributed by atoms with van der Waals surface area (Å²) in [7, 11) is 1.60. The fraction of sp³-hybridized carbons (Fsp3) is 0.357. The van der Waals surface area contributed by atoms with Gasteiger partial charge in [0, 0.05) is 12.6 Å². The molecule has 0 saturated carbocycles. The zero-order valence-electron chi connectivity index (χ0n) is 11.0. The summed E-state index contributed by atoms with van der Waals surface area (Å²) < 4.78 is 10.1. The van der Waals surface area contributed by atoms with Crippen molar-refractivity contribution >= 4 is 12.0 Å². The Morgan fingerprint density at radius 3 is 3.00 bits per heavy atom. The average molecular weight is 265 g/mol. The molecule has 0 fully saturated rings. The highest BCUT2D eigenvalue weighted by atomic mass is 16.5. The Bertz CT molecular complexity index is 418. The van der Waals surface area contributed by atoms with E-state index in [9.17, 15) is 4.79 Å². The summed E-state index contributed by atoms with van der Waals surface area (Å²) >= 11 is 0. The van der Waals surface area contributed by atoms with Crippen LogP contribution in [-0.4, -0.2) is 44.5 Å². The Labute approximate surface area is 112 Å². The van der Waals surface area contributed by atoms with E-state index in [0.29, 0.717) is 13.2 Å². The Hall–Kier alpha value is -1.85. The van der Waals surface area contributed by atoms with Crippen molar-refractivity contribution in [2.24, 2.45) is 0 Å². The molecular weight excluding hydrogens is 246 g/mol. The number of amides is 1. The molecule has 2 N–H and O–H groups in total. The molecule has 0 radical (unpaired) electrons. The van der Waals surface area contributed by atoms with Crippen LogP contribution < -0.4 is 10.1 Å². The van der Waals surface area contributed by atoms with Crippen molar-refractivity contribution in [2.75, 3.05) is 33.5 Å². The molecule has 1 aromatic rings.